The van der Waals surface area contributed by atoms with E-state index >= 15 is 0 Å². The highest BCUT2D eigenvalue weighted by atomic mass is 32.2. The number of nitrogens with two attached hydrogens (primary N) is 1. The summed E-state index contributed by atoms with van der Waals surface area (Å²) in [5, 5.41) is 0.971. The van der Waals surface area contributed by atoms with Crippen LogP contribution in [0.15, 0.2) is 23.4 Å². The Balaban J connectivity index is 1.91. The molecule has 0 spiro atoms. The molecule has 2 aromatic rings. The van der Waals surface area contributed by atoms with Gasteiger partial charge in [0.1, 0.15) is 5.75 Å². The maximum absolute atomic E-state index is 5.91. The molecule has 3 N–H and O–H groups in total. The van der Waals surface area contributed by atoms with Crippen molar-refractivity contribution in [3.05, 3.63) is 18.2 Å². The highest BCUT2D eigenvalue weighted by Gasteiger charge is 2.05. The van der Waals surface area contributed by atoms with E-state index in [-0.39, 0.29) is 0 Å². The van der Waals surface area contributed by atoms with Gasteiger partial charge >= 0.3 is 0 Å². The summed E-state index contributed by atoms with van der Waals surface area (Å²) < 4.78 is 5.49. The minimum atomic E-state index is 0.333. The van der Waals surface area contributed by atoms with Crippen molar-refractivity contribution in [2.75, 3.05) is 12.4 Å². The highest BCUT2D eigenvalue weighted by molar-refractivity contribution is 7.99. The zero-order valence-corrected chi connectivity index (χ0v) is 13.0. The number of fused-ring (bicyclic) bond motifs is 1. The van der Waals surface area contributed by atoms with Gasteiger partial charge in [0, 0.05) is 17.9 Å². The van der Waals surface area contributed by atoms with Gasteiger partial charge in [0.25, 0.3) is 0 Å². The van der Waals surface area contributed by atoms with Crippen molar-refractivity contribution in [3.63, 3.8) is 0 Å². The summed E-state index contributed by atoms with van der Waals surface area (Å²) in [6.07, 6.45) is 3.26. The van der Waals surface area contributed by atoms with Crippen molar-refractivity contribution in [2.24, 2.45) is 5.73 Å². The molecule has 0 amide bonds. The van der Waals surface area contributed by atoms with E-state index in [9.17, 15) is 0 Å². The lowest BCUT2D eigenvalue weighted by Gasteiger charge is -2.06. The van der Waals surface area contributed by atoms with Crippen molar-refractivity contribution in [3.8, 4) is 5.75 Å². The lowest BCUT2D eigenvalue weighted by atomic mass is 10.1. The Morgan fingerprint density at radius 3 is 3.00 bits per heavy atom. The number of hydrogen-bond donors (Lipinski definition) is 2. The van der Waals surface area contributed by atoms with E-state index in [1.165, 1.54) is 0 Å². The average molecular weight is 293 g/mol. The minimum Gasteiger partial charge on any atom is -0.494 e. The zero-order valence-electron chi connectivity index (χ0n) is 12.2. The minimum absolute atomic E-state index is 0.333. The van der Waals surface area contributed by atoms with Crippen LogP contribution < -0.4 is 10.5 Å². The topological polar surface area (TPSA) is 63.9 Å². The lowest BCUT2D eigenvalue weighted by molar-refractivity contribution is 0.340. The number of aromatic nitrogens is 2. The molecule has 20 heavy (non-hydrogen) atoms. The van der Waals surface area contributed by atoms with Gasteiger partial charge in [0.2, 0.25) is 0 Å². The Labute approximate surface area is 124 Å². The number of aromatic amines is 1. The van der Waals surface area contributed by atoms with E-state index in [1.807, 2.05) is 25.1 Å². The van der Waals surface area contributed by atoms with Gasteiger partial charge in [-0.2, -0.15) is 0 Å². The molecule has 4 nitrogen and oxygen atoms in total. The fourth-order valence-electron chi connectivity index (χ4n) is 2.01. The summed E-state index contributed by atoms with van der Waals surface area (Å²) >= 11 is 1.75. The fourth-order valence-corrected chi connectivity index (χ4v) is 2.86. The third-order valence-electron chi connectivity index (χ3n) is 3.23. The Bertz CT molecular complexity index is 541. The Hall–Kier alpha value is -1.20. The van der Waals surface area contributed by atoms with Crippen molar-refractivity contribution in [1.29, 1.82) is 0 Å². The van der Waals surface area contributed by atoms with Gasteiger partial charge < -0.3 is 15.5 Å². The van der Waals surface area contributed by atoms with Crippen molar-refractivity contribution in [1.82, 2.24) is 9.97 Å². The molecule has 1 aromatic carbocycles. The van der Waals surface area contributed by atoms with Crippen LogP contribution in [0.4, 0.5) is 0 Å². The molecule has 0 bridgehead atoms. The van der Waals surface area contributed by atoms with E-state index in [1.54, 1.807) is 11.8 Å². The lowest BCUT2D eigenvalue weighted by Crippen LogP contribution is -2.18. The number of imidazole rings is 1. The highest BCUT2D eigenvalue weighted by Crippen LogP contribution is 2.24. The average Bonchev–Trinajstić information content (AvgIpc) is 2.85. The molecule has 1 heterocycles. The molecular formula is C15H23N3OS. The predicted octanol–water partition coefficient (Wildman–Crippen LogP) is 3.57. The maximum Gasteiger partial charge on any atom is 0.166 e. The van der Waals surface area contributed by atoms with Crippen LogP contribution in [-0.2, 0) is 0 Å². The quantitative estimate of drug-likeness (QED) is 0.577. The first kappa shape index (κ1) is 15.2. The van der Waals surface area contributed by atoms with Crippen molar-refractivity contribution < 1.29 is 4.74 Å². The normalized spacial score (nSPS) is 12.8. The summed E-state index contributed by atoms with van der Waals surface area (Å²) in [7, 11) is 0. The third-order valence-corrected chi connectivity index (χ3v) is 4.18. The molecule has 0 fully saturated rings. The van der Waals surface area contributed by atoms with Crippen molar-refractivity contribution in [2.45, 2.75) is 44.3 Å². The van der Waals surface area contributed by atoms with Crippen LogP contribution in [0.5, 0.6) is 5.75 Å². The molecule has 0 aliphatic heterocycles. The smallest absolute Gasteiger partial charge is 0.166 e. The molecule has 2 rings (SSSR count). The van der Waals surface area contributed by atoms with Gasteiger partial charge in [0.15, 0.2) is 5.16 Å². The molecule has 0 aliphatic carbocycles. The first-order valence-corrected chi connectivity index (χ1v) is 8.22. The van der Waals surface area contributed by atoms with Crippen LogP contribution in [0, 0.1) is 0 Å². The van der Waals surface area contributed by atoms with Gasteiger partial charge in [0.05, 0.1) is 17.6 Å². The van der Waals surface area contributed by atoms with Crippen LogP contribution in [-0.4, -0.2) is 28.4 Å². The molecular weight excluding hydrogens is 270 g/mol. The second-order valence-corrected chi connectivity index (χ2v) is 5.90. The number of nitrogens with one attached hydrogen (secondary N) is 1. The van der Waals surface area contributed by atoms with E-state index < -0.39 is 0 Å². The number of thioether (sulfide) groups is 1. The number of nitrogens with zero attached hydrogens (tertiary/aromatic N) is 1. The van der Waals surface area contributed by atoms with Crippen molar-refractivity contribution >= 4 is 22.8 Å². The van der Waals surface area contributed by atoms with Gasteiger partial charge in [-0.1, -0.05) is 18.7 Å². The van der Waals surface area contributed by atoms with E-state index in [2.05, 4.69) is 16.9 Å². The third kappa shape index (κ3) is 4.15. The number of rotatable bonds is 8. The molecule has 0 saturated heterocycles. The molecule has 1 atom stereocenters. The second kappa shape index (κ2) is 7.55. The van der Waals surface area contributed by atoms with Crippen LogP contribution >= 0.6 is 11.8 Å². The zero-order chi connectivity index (χ0) is 14.4. The standard InChI is InChI=1S/C15H23N3OS/c1-3-11(16)6-5-9-20-15-17-13-8-7-12(19-4-2)10-14(13)18-15/h7-8,10-11H,3-6,9,16H2,1-2H3,(H,17,18). The van der Waals surface area contributed by atoms with Gasteiger partial charge in [-0.15, -0.1) is 0 Å². The van der Waals surface area contributed by atoms with Gasteiger partial charge in [-0.25, -0.2) is 4.98 Å². The Morgan fingerprint density at radius 2 is 2.25 bits per heavy atom. The molecule has 1 unspecified atom stereocenters. The van der Waals surface area contributed by atoms with Crippen LogP contribution in [0.25, 0.3) is 11.0 Å². The molecule has 5 heteroatoms. The molecule has 0 radical (unpaired) electrons. The number of ether oxygens (including phenoxy) is 1. The molecule has 0 saturated carbocycles. The summed E-state index contributed by atoms with van der Waals surface area (Å²) in [6.45, 7) is 4.80. The SMILES string of the molecule is CCOc1ccc2nc(SCCCC(N)CC)[nH]c2c1. The number of hydrogen-bond acceptors (Lipinski definition) is 4. The van der Waals surface area contributed by atoms with Crippen LogP contribution in [0.3, 0.4) is 0 Å². The van der Waals surface area contributed by atoms with Gasteiger partial charge in [-0.3, -0.25) is 0 Å². The molecule has 110 valence electrons. The maximum atomic E-state index is 5.91. The Kier molecular flexibility index (Phi) is 5.73. The number of H-pyrrole nitrogens is 1. The largest absolute Gasteiger partial charge is 0.494 e. The molecule has 1 aromatic heterocycles. The first-order chi connectivity index (χ1) is 9.72. The predicted molar refractivity (Wildman–Crippen MR) is 85.5 cm³/mol. The van der Waals surface area contributed by atoms with Gasteiger partial charge in [-0.05, 0) is 38.3 Å². The Morgan fingerprint density at radius 1 is 1.40 bits per heavy atom. The van der Waals surface area contributed by atoms with Crippen LogP contribution in [0.1, 0.15) is 33.1 Å². The van der Waals surface area contributed by atoms with E-state index in [0.29, 0.717) is 12.6 Å². The monoisotopic (exact) mass is 293 g/mol. The van der Waals surface area contributed by atoms with E-state index in [4.69, 9.17) is 10.5 Å². The number of benzene rings is 1. The summed E-state index contributed by atoms with van der Waals surface area (Å²) in [4.78, 5) is 7.91. The van der Waals surface area contributed by atoms with E-state index in [0.717, 1.165) is 47.0 Å². The first-order valence-electron chi connectivity index (χ1n) is 7.23. The fraction of sp³-hybridized carbons (Fsp3) is 0.533. The summed E-state index contributed by atoms with van der Waals surface area (Å²) in [5.74, 6) is 1.93. The molecule has 0 aliphatic rings. The summed E-state index contributed by atoms with van der Waals surface area (Å²) in [6, 6.07) is 6.29. The second-order valence-electron chi connectivity index (χ2n) is 4.81. The van der Waals surface area contributed by atoms with Crippen LogP contribution in [0.2, 0.25) is 0 Å². The summed E-state index contributed by atoms with van der Waals surface area (Å²) in [5.41, 5.74) is 7.93.